The Hall–Kier alpha value is -2.34. The van der Waals surface area contributed by atoms with E-state index in [9.17, 15) is 4.79 Å². The molecule has 3 heteroatoms. The van der Waals surface area contributed by atoms with Crippen LogP contribution in [0.2, 0.25) is 0 Å². The molecule has 114 valence electrons. The zero-order valence-electron chi connectivity index (χ0n) is 13.8. The maximum absolute atomic E-state index is 12.9. The molecule has 0 unspecified atom stereocenters. The van der Waals surface area contributed by atoms with Gasteiger partial charge in [0.15, 0.2) is 0 Å². The van der Waals surface area contributed by atoms with Gasteiger partial charge in [0.25, 0.3) is 5.56 Å². The second-order valence-corrected chi connectivity index (χ2v) is 7.13. The van der Waals surface area contributed by atoms with Crippen LogP contribution in [0.5, 0.6) is 0 Å². The molecular formula is C19H22N2O. The first-order valence-corrected chi connectivity index (χ1v) is 7.41. The minimum atomic E-state index is -0.264. The molecule has 0 N–H and O–H groups in total. The normalized spacial score (nSPS) is 12.0. The molecule has 0 amide bonds. The van der Waals surface area contributed by atoms with Gasteiger partial charge in [-0.05, 0) is 35.1 Å². The van der Waals surface area contributed by atoms with E-state index in [2.05, 4.69) is 40.7 Å². The van der Waals surface area contributed by atoms with Crippen LogP contribution in [0, 0.1) is 16.7 Å². The van der Waals surface area contributed by atoms with Gasteiger partial charge in [0.05, 0.1) is 11.6 Å². The van der Waals surface area contributed by atoms with E-state index in [0.29, 0.717) is 5.56 Å². The van der Waals surface area contributed by atoms with Crippen LogP contribution in [0.4, 0.5) is 0 Å². The van der Waals surface area contributed by atoms with Gasteiger partial charge in [0.1, 0.15) is 0 Å². The Morgan fingerprint density at radius 1 is 1.05 bits per heavy atom. The molecule has 0 aliphatic carbocycles. The first kappa shape index (κ1) is 16.0. The van der Waals surface area contributed by atoms with Crippen LogP contribution >= 0.6 is 0 Å². The molecule has 3 nitrogen and oxygen atoms in total. The predicted octanol–water partition coefficient (Wildman–Crippen LogP) is 4.03. The Labute approximate surface area is 131 Å². The summed E-state index contributed by atoms with van der Waals surface area (Å²) in [7, 11) is 0. The van der Waals surface area contributed by atoms with Crippen molar-refractivity contribution in [3.63, 3.8) is 0 Å². The van der Waals surface area contributed by atoms with Crippen molar-refractivity contribution in [2.75, 3.05) is 0 Å². The van der Waals surface area contributed by atoms with Crippen molar-refractivity contribution in [3.05, 3.63) is 64.1 Å². The molecule has 22 heavy (non-hydrogen) atoms. The number of hydrogen-bond donors (Lipinski definition) is 0. The van der Waals surface area contributed by atoms with Crippen molar-refractivity contribution in [2.45, 2.75) is 40.0 Å². The van der Waals surface area contributed by atoms with Gasteiger partial charge < -0.3 is 0 Å². The molecular weight excluding hydrogens is 272 g/mol. The average Bonchev–Trinajstić information content (AvgIpc) is 2.46. The lowest BCUT2D eigenvalue weighted by molar-refractivity contribution is 0.223. The lowest BCUT2D eigenvalue weighted by atomic mass is 9.65. The molecule has 2 rings (SSSR count). The van der Waals surface area contributed by atoms with Gasteiger partial charge in [-0.2, -0.15) is 5.26 Å². The number of rotatable bonds is 2. The summed E-state index contributed by atoms with van der Waals surface area (Å²) in [6.07, 6.45) is 1.75. The fourth-order valence-corrected chi connectivity index (χ4v) is 2.30. The van der Waals surface area contributed by atoms with Crippen molar-refractivity contribution >= 4 is 0 Å². The Morgan fingerprint density at radius 2 is 1.73 bits per heavy atom. The molecule has 1 heterocycles. The highest BCUT2D eigenvalue weighted by Gasteiger charge is 2.36. The maximum Gasteiger partial charge on any atom is 0.258 e. The molecule has 0 aliphatic rings. The summed E-state index contributed by atoms with van der Waals surface area (Å²) < 4.78 is 1.61. The average molecular weight is 294 g/mol. The third-order valence-electron chi connectivity index (χ3n) is 4.75. The van der Waals surface area contributed by atoms with Crippen LogP contribution in [0.1, 0.15) is 45.7 Å². The molecule has 0 aliphatic heterocycles. The fraction of sp³-hybridized carbons (Fsp3) is 0.368. The van der Waals surface area contributed by atoms with Crippen molar-refractivity contribution in [3.8, 4) is 11.8 Å². The van der Waals surface area contributed by atoms with Crippen LogP contribution in [0.3, 0.4) is 0 Å². The number of nitriles is 1. The van der Waals surface area contributed by atoms with Crippen LogP contribution in [0.15, 0.2) is 47.4 Å². The lowest BCUT2D eigenvalue weighted by Gasteiger charge is -2.38. The third kappa shape index (κ3) is 2.69. The predicted molar refractivity (Wildman–Crippen MR) is 89.2 cm³/mol. The topological polar surface area (TPSA) is 45.8 Å². The quantitative estimate of drug-likeness (QED) is 0.839. The van der Waals surface area contributed by atoms with E-state index < -0.39 is 0 Å². The summed E-state index contributed by atoms with van der Waals surface area (Å²) in [5.41, 5.74) is 1.71. The molecule has 0 fully saturated rings. The zero-order chi connectivity index (χ0) is 16.5. The van der Waals surface area contributed by atoms with Gasteiger partial charge in [0.2, 0.25) is 0 Å². The molecule has 0 spiro atoms. The Morgan fingerprint density at radius 3 is 2.32 bits per heavy atom. The zero-order valence-corrected chi connectivity index (χ0v) is 13.8. The van der Waals surface area contributed by atoms with E-state index in [1.54, 1.807) is 29.0 Å². The number of pyridine rings is 1. The van der Waals surface area contributed by atoms with E-state index in [-0.39, 0.29) is 16.4 Å². The molecule has 1 aromatic carbocycles. The standard InChI is InChI=1S/C19H22N2O/c1-18(2,3)19(4,5)16-10-7-11-21(17(16)22)15-9-6-8-14(12-15)13-20/h6-12H,1-5H3. The summed E-state index contributed by atoms with van der Waals surface area (Å²) in [6.45, 7) is 10.6. The molecule has 2 aromatic rings. The van der Waals surface area contributed by atoms with Crippen LogP contribution < -0.4 is 5.56 Å². The SMILES string of the molecule is CC(C)(C)C(C)(C)c1cccn(-c2cccc(C#N)c2)c1=O. The Bertz CT molecular complexity index is 786. The highest BCUT2D eigenvalue weighted by Crippen LogP contribution is 2.39. The molecule has 1 aromatic heterocycles. The van der Waals surface area contributed by atoms with Crippen molar-refractivity contribution < 1.29 is 0 Å². The summed E-state index contributed by atoms with van der Waals surface area (Å²) in [6, 6.07) is 13.0. The second kappa shape index (κ2) is 5.46. The minimum absolute atomic E-state index is 0.0301. The summed E-state index contributed by atoms with van der Waals surface area (Å²) in [5, 5.41) is 9.03. The maximum atomic E-state index is 12.9. The summed E-state index contributed by atoms with van der Waals surface area (Å²) in [5.74, 6) is 0. The number of hydrogen-bond acceptors (Lipinski definition) is 2. The highest BCUT2D eigenvalue weighted by molar-refractivity contribution is 5.42. The first-order valence-electron chi connectivity index (χ1n) is 7.41. The molecule has 0 saturated heterocycles. The van der Waals surface area contributed by atoms with Crippen molar-refractivity contribution in [1.82, 2.24) is 4.57 Å². The lowest BCUT2D eigenvalue weighted by Crippen LogP contribution is -2.40. The van der Waals surface area contributed by atoms with E-state index >= 15 is 0 Å². The van der Waals surface area contributed by atoms with Gasteiger partial charge in [-0.15, -0.1) is 0 Å². The third-order valence-corrected chi connectivity index (χ3v) is 4.75. The smallest absolute Gasteiger partial charge is 0.258 e. The largest absolute Gasteiger partial charge is 0.284 e. The van der Waals surface area contributed by atoms with Crippen LogP contribution in [-0.2, 0) is 5.41 Å². The number of aromatic nitrogens is 1. The van der Waals surface area contributed by atoms with E-state index in [1.807, 2.05) is 18.2 Å². The number of nitrogens with zero attached hydrogens (tertiary/aromatic N) is 2. The van der Waals surface area contributed by atoms with Gasteiger partial charge >= 0.3 is 0 Å². The van der Waals surface area contributed by atoms with Crippen molar-refractivity contribution in [1.29, 1.82) is 5.26 Å². The van der Waals surface area contributed by atoms with E-state index in [4.69, 9.17) is 5.26 Å². The Kier molecular flexibility index (Phi) is 3.98. The summed E-state index contributed by atoms with van der Waals surface area (Å²) in [4.78, 5) is 12.9. The molecule has 0 saturated carbocycles. The van der Waals surface area contributed by atoms with Crippen molar-refractivity contribution in [2.24, 2.45) is 5.41 Å². The first-order chi connectivity index (χ1) is 10.2. The Balaban J connectivity index is 2.66. The summed E-state index contributed by atoms with van der Waals surface area (Å²) >= 11 is 0. The molecule has 0 bridgehead atoms. The molecule has 0 radical (unpaired) electrons. The minimum Gasteiger partial charge on any atom is -0.284 e. The van der Waals surface area contributed by atoms with Gasteiger partial charge in [0, 0.05) is 17.4 Å². The van der Waals surface area contributed by atoms with Gasteiger partial charge in [-0.25, -0.2) is 0 Å². The van der Waals surface area contributed by atoms with Crippen LogP contribution in [0.25, 0.3) is 5.69 Å². The van der Waals surface area contributed by atoms with E-state index in [0.717, 1.165) is 11.3 Å². The van der Waals surface area contributed by atoms with Gasteiger partial charge in [-0.1, -0.05) is 46.8 Å². The highest BCUT2D eigenvalue weighted by atomic mass is 16.1. The van der Waals surface area contributed by atoms with Crippen LogP contribution in [-0.4, -0.2) is 4.57 Å². The molecule has 0 atom stereocenters. The van der Waals surface area contributed by atoms with E-state index in [1.165, 1.54) is 0 Å². The number of benzene rings is 1. The fourth-order valence-electron chi connectivity index (χ4n) is 2.30. The van der Waals surface area contributed by atoms with Gasteiger partial charge in [-0.3, -0.25) is 9.36 Å². The monoisotopic (exact) mass is 294 g/mol. The second-order valence-electron chi connectivity index (χ2n) is 7.13.